The van der Waals surface area contributed by atoms with Gasteiger partial charge in [0.2, 0.25) is 0 Å². The van der Waals surface area contributed by atoms with E-state index in [0.717, 1.165) is 67.6 Å². The molecule has 15 rings (SSSR count). The number of aromatic nitrogens is 2. The number of nitrogens with zero attached hydrogens (tertiary/aromatic N) is 4. The maximum atomic E-state index is 2.45. The molecule has 4 nitrogen and oxygen atoms in total. The second-order valence-electron chi connectivity index (χ2n) is 21.0. The quantitative estimate of drug-likeness (QED) is 0.121. The van der Waals surface area contributed by atoms with Gasteiger partial charge in [-0.1, -0.05) is 224 Å². The second-order valence-corrected chi connectivity index (χ2v) is 21.0. The van der Waals surface area contributed by atoms with E-state index < -0.39 is 0 Å². The fourth-order valence-corrected chi connectivity index (χ4v) is 12.2. The summed E-state index contributed by atoms with van der Waals surface area (Å²) < 4.78 is 4.90. The van der Waals surface area contributed by atoms with E-state index >= 15 is 0 Å². The fourth-order valence-electron chi connectivity index (χ4n) is 12.2. The molecule has 0 radical (unpaired) electrons. The van der Waals surface area contributed by atoms with E-state index in [4.69, 9.17) is 0 Å². The van der Waals surface area contributed by atoms with E-state index in [1.807, 2.05) is 0 Å². The van der Waals surface area contributed by atoms with E-state index in [1.54, 1.807) is 0 Å². The average Bonchev–Trinajstić information content (AvgIpc) is 4.30. The van der Waals surface area contributed by atoms with Gasteiger partial charge in [0.1, 0.15) is 0 Å². The molecule has 0 atom stereocenters. The minimum absolute atomic E-state index is 1.07. The maximum Gasteiger partial charge on any atom is 0.0561 e. The summed E-state index contributed by atoms with van der Waals surface area (Å²) in [5.74, 6) is 0. The number of hydrogen-bond donors (Lipinski definition) is 0. The summed E-state index contributed by atoms with van der Waals surface area (Å²) >= 11 is 0. The van der Waals surface area contributed by atoms with Crippen molar-refractivity contribution in [3.8, 4) is 55.9 Å². The molecule has 0 saturated heterocycles. The molecule has 0 aliphatic carbocycles. The number of benzene rings is 13. The minimum atomic E-state index is 1.07. The molecular weight excluding hydrogens is 993 g/mol. The van der Waals surface area contributed by atoms with Crippen molar-refractivity contribution in [2.75, 3.05) is 9.80 Å². The summed E-state index contributed by atoms with van der Waals surface area (Å²) in [5.41, 5.74) is 22.6. The van der Waals surface area contributed by atoms with Gasteiger partial charge in [-0.15, -0.1) is 0 Å². The summed E-state index contributed by atoms with van der Waals surface area (Å²) in [7, 11) is 0. The molecule has 13 aromatic carbocycles. The lowest BCUT2D eigenvalue weighted by Gasteiger charge is -2.26. The van der Waals surface area contributed by atoms with Crippen LogP contribution < -0.4 is 9.80 Å². The Bertz CT molecular complexity index is 4270. The molecule has 386 valence electrons. The molecule has 0 bridgehead atoms. The Morgan fingerprint density at radius 3 is 0.744 bits per heavy atom. The van der Waals surface area contributed by atoms with E-state index in [0.29, 0.717) is 0 Å². The molecule has 0 aliphatic rings. The molecule has 0 fully saturated rings. The number of hydrogen-bond acceptors (Lipinski definition) is 2. The van der Waals surface area contributed by atoms with Crippen LogP contribution in [0.4, 0.5) is 34.1 Å². The number of rotatable bonds is 12. The molecule has 0 aliphatic heterocycles. The SMILES string of the molecule is c1ccc(-c2ccc(N(c3ccc(-c4ccccc4)cc3)c3ccc4c5ccccc5n(-c5cccc(-n6c7ccccc7c7ccc(N(c8ccc(-c9ccccc9)cc8)c8ccc(-c9ccccc9)cc8)cc76)c5)c4c3)cc2)cc1. The van der Waals surface area contributed by atoms with E-state index in [1.165, 1.54) is 66.1 Å². The van der Waals surface area contributed by atoms with Gasteiger partial charge in [-0.2, -0.15) is 0 Å². The Kier molecular flexibility index (Phi) is 12.2. The lowest BCUT2D eigenvalue weighted by molar-refractivity contribution is 1.13. The second kappa shape index (κ2) is 20.7. The van der Waals surface area contributed by atoms with Crippen LogP contribution >= 0.6 is 0 Å². The fraction of sp³-hybridized carbons (Fsp3) is 0. The van der Waals surface area contributed by atoms with Crippen LogP contribution in [0.2, 0.25) is 0 Å². The van der Waals surface area contributed by atoms with Crippen LogP contribution in [-0.2, 0) is 0 Å². The molecule has 0 spiro atoms. The summed E-state index contributed by atoms with van der Waals surface area (Å²) in [6, 6.07) is 119. The Labute approximate surface area is 477 Å². The van der Waals surface area contributed by atoms with E-state index in [-0.39, 0.29) is 0 Å². The molecular formula is C78H54N4. The zero-order valence-electron chi connectivity index (χ0n) is 45.0. The molecule has 15 aromatic rings. The van der Waals surface area contributed by atoms with Crippen LogP contribution in [-0.4, -0.2) is 9.13 Å². The van der Waals surface area contributed by atoms with Crippen LogP contribution in [0.1, 0.15) is 0 Å². The third-order valence-electron chi connectivity index (χ3n) is 16.1. The standard InChI is InChI=1S/C78H54N4/c1-5-18-55(19-6-1)59-32-40-63(41-33-59)79(64-42-34-60(35-43-64)56-20-7-2-8-21-56)69-48-50-73-71-28-13-15-30-75(71)81(77(73)53-69)67-26-17-27-68(52-67)82-76-31-16-14-29-72(76)74-51-49-70(54-78(74)82)80(65-44-36-61(37-45-65)57-22-9-3-10-23-57)66-46-38-62(39-47-66)58-24-11-4-12-25-58/h1-54H. The van der Waals surface area contributed by atoms with Crippen molar-refractivity contribution < 1.29 is 0 Å². The highest BCUT2D eigenvalue weighted by Gasteiger charge is 2.21. The average molecular weight is 1050 g/mol. The van der Waals surface area contributed by atoms with Gasteiger partial charge in [-0.3, -0.25) is 0 Å². The maximum absolute atomic E-state index is 2.45. The zero-order valence-corrected chi connectivity index (χ0v) is 45.0. The lowest BCUT2D eigenvalue weighted by atomic mass is 10.0. The summed E-state index contributed by atoms with van der Waals surface area (Å²) in [6.45, 7) is 0. The highest BCUT2D eigenvalue weighted by atomic mass is 15.2. The summed E-state index contributed by atoms with van der Waals surface area (Å²) in [6.07, 6.45) is 0. The highest BCUT2D eigenvalue weighted by molar-refractivity contribution is 6.12. The normalized spacial score (nSPS) is 11.4. The predicted molar refractivity (Wildman–Crippen MR) is 346 cm³/mol. The molecule has 0 unspecified atom stereocenters. The summed E-state index contributed by atoms with van der Waals surface area (Å²) in [4.78, 5) is 4.77. The van der Waals surface area contributed by atoms with Gasteiger partial charge in [0.05, 0.1) is 22.1 Å². The van der Waals surface area contributed by atoms with Gasteiger partial charge < -0.3 is 18.9 Å². The first-order chi connectivity index (χ1) is 40.7. The van der Waals surface area contributed by atoms with Crippen LogP contribution in [0, 0.1) is 0 Å². The molecule has 0 N–H and O–H groups in total. The molecule has 4 heteroatoms. The predicted octanol–water partition coefficient (Wildman–Crippen LogP) is 21.5. The number of para-hydroxylation sites is 2. The first-order valence-electron chi connectivity index (χ1n) is 28.1. The Morgan fingerprint density at radius 2 is 0.427 bits per heavy atom. The lowest BCUT2D eigenvalue weighted by Crippen LogP contribution is -2.10. The number of anilines is 6. The molecule has 2 heterocycles. The third-order valence-corrected chi connectivity index (χ3v) is 16.1. The largest absolute Gasteiger partial charge is 0.310 e. The van der Waals surface area contributed by atoms with Gasteiger partial charge in [0.15, 0.2) is 0 Å². The molecule has 0 amide bonds. The van der Waals surface area contributed by atoms with Crippen LogP contribution in [0.25, 0.3) is 99.5 Å². The monoisotopic (exact) mass is 1050 g/mol. The Balaban J connectivity index is 0.872. The summed E-state index contributed by atoms with van der Waals surface area (Å²) in [5, 5.41) is 4.80. The van der Waals surface area contributed by atoms with Crippen LogP contribution in [0.3, 0.4) is 0 Å². The van der Waals surface area contributed by atoms with Crippen molar-refractivity contribution in [2.24, 2.45) is 0 Å². The van der Waals surface area contributed by atoms with Crippen LogP contribution in [0.5, 0.6) is 0 Å². The van der Waals surface area contributed by atoms with Gasteiger partial charge in [-0.25, -0.2) is 0 Å². The first kappa shape index (κ1) is 48.2. The molecule has 82 heavy (non-hydrogen) atoms. The molecule has 0 saturated carbocycles. The van der Waals surface area contributed by atoms with Gasteiger partial charge in [-0.05, 0) is 148 Å². The first-order valence-corrected chi connectivity index (χ1v) is 28.1. The van der Waals surface area contributed by atoms with Gasteiger partial charge in [0, 0.05) is 67.0 Å². The third kappa shape index (κ3) is 8.76. The van der Waals surface area contributed by atoms with Crippen molar-refractivity contribution in [3.63, 3.8) is 0 Å². The van der Waals surface area contributed by atoms with Crippen LogP contribution in [0.15, 0.2) is 328 Å². The smallest absolute Gasteiger partial charge is 0.0561 e. The van der Waals surface area contributed by atoms with E-state index in [2.05, 4.69) is 347 Å². The highest BCUT2D eigenvalue weighted by Crippen LogP contribution is 2.44. The van der Waals surface area contributed by atoms with Crippen molar-refractivity contribution >= 4 is 77.7 Å². The van der Waals surface area contributed by atoms with Crippen molar-refractivity contribution in [1.29, 1.82) is 0 Å². The molecule has 2 aromatic heterocycles. The van der Waals surface area contributed by atoms with Crippen molar-refractivity contribution in [1.82, 2.24) is 9.13 Å². The van der Waals surface area contributed by atoms with Crippen molar-refractivity contribution in [3.05, 3.63) is 328 Å². The minimum Gasteiger partial charge on any atom is -0.310 e. The van der Waals surface area contributed by atoms with E-state index in [9.17, 15) is 0 Å². The van der Waals surface area contributed by atoms with Gasteiger partial charge >= 0.3 is 0 Å². The zero-order chi connectivity index (χ0) is 54.3. The Hall–Kier alpha value is -10.9. The van der Waals surface area contributed by atoms with Gasteiger partial charge in [0.25, 0.3) is 0 Å². The topological polar surface area (TPSA) is 16.3 Å². The van der Waals surface area contributed by atoms with Crippen molar-refractivity contribution in [2.45, 2.75) is 0 Å². The number of fused-ring (bicyclic) bond motifs is 6. The Morgan fingerprint density at radius 1 is 0.171 bits per heavy atom.